The van der Waals surface area contributed by atoms with E-state index < -0.39 is 0 Å². The molecule has 0 bridgehead atoms. The molecule has 0 aliphatic heterocycles. The van der Waals surface area contributed by atoms with Crippen molar-refractivity contribution in [2.24, 2.45) is 7.05 Å². The molecule has 0 amide bonds. The maximum Gasteiger partial charge on any atom is 0.114 e. The summed E-state index contributed by atoms with van der Waals surface area (Å²) in [6.07, 6.45) is 2.06. The second-order valence-corrected chi connectivity index (χ2v) is 4.07. The summed E-state index contributed by atoms with van der Waals surface area (Å²) in [5, 5.41) is 0. The number of nitrogens with zero attached hydrogens (tertiary/aromatic N) is 2. The van der Waals surface area contributed by atoms with Crippen molar-refractivity contribution in [3.8, 4) is 0 Å². The van der Waals surface area contributed by atoms with E-state index in [0.29, 0.717) is 0 Å². The molecule has 0 aromatic carbocycles. The van der Waals surface area contributed by atoms with Crippen LogP contribution in [0.15, 0.2) is 6.20 Å². The summed E-state index contributed by atoms with van der Waals surface area (Å²) in [4.78, 5) is 4.44. The van der Waals surface area contributed by atoms with Crippen molar-refractivity contribution in [3.05, 3.63) is 17.7 Å². The van der Waals surface area contributed by atoms with Crippen molar-refractivity contribution in [2.75, 3.05) is 0 Å². The van der Waals surface area contributed by atoms with E-state index in [1.165, 1.54) is 0 Å². The highest BCUT2D eigenvalue weighted by Crippen LogP contribution is 2.20. The summed E-state index contributed by atoms with van der Waals surface area (Å²) in [5.41, 5.74) is 1.25. The fourth-order valence-electron chi connectivity index (χ4n) is 1.31. The molecule has 0 saturated heterocycles. The lowest BCUT2D eigenvalue weighted by Gasteiger charge is -2.17. The Morgan fingerprint density at radius 1 is 1.36 bits per heavy atom. The Hall–Kier alpha value is -0.790. The van der Waals surface area contributed by atoms with Crippen molar-refractivity contribution >= 4 is 0 Å². The van der Waals surface area contributed by atoms with E-state index in [1.807, 2.05) is 14.0 Å². The molecule has 2 nitrogen and oxygen atoms in total. The van der Waals surface area contributed by atoms with E-state index in [9.17, 15) is 0 Å². The van der Waals surface area contributed by atoms with E-state index in [4.69, 9.17) is 0 Å². The lowest BCUT2D eigenvalue weighted by atomic mass is 9.96. The lowest BCUT2D eigenvalue weighted by molar-refractivity contribution is 0.522. The molecule has 1 rings (SSSR count). The van der Waals surface area contributed by atoms with Gasteiger partial charge in [-0.1, -0.05) is 20.8 Å². The van der Waals surface area contributed by atoms with E-state index >= 15 is 0 Å². The summed E-state index contributed by atoms with van der Waals surface area (Å²) in [5.74, 6) is 1.15. The van der Waals surface area contributed by atoms with Gasteiger partial charge in [0.1, 0.15) is 5.82 Å². The van der Waals surface area contributed by atoms with Crippen LogP contribution in [0.5, 0.6) is 0 Å². The average molecular weight is 152 g/mol. The molecule has 0 aliphatic carbocycles. The molecule has 62 valence electrons. The summed E-state index contributed by atoms with van der Waals surface area (Å²) < 4.78 is 2.09. The first-order valence-corrected chi connectivity index (χ1v) is 3.91. The second-order valence-electron chi connectivity index (χ2n) is 4.07. The van der Waals surface area contributed by atoms with Gasteiger partial charge in [-0.3, -0.25) is 0 Å². The maximum atomic E-state index is 4.44. The van der Waals surface area contributed by atoms with Crippen LogP contribution in [0.25, 0.3) is 0 Å². The SMILES string of the molecule is Cc1cn(C)c(C(C)(C)C)n1. The summed E-state index contributed by atoms with van der Waals surface area (Å²) in [6, 6.07) is 0. The number of aromatic nitrogens is 2. The molecule has 0 fully saturated rings. The third-order valence-electron chi connectivity index (χ3n) is 1.67. The van der Waals surface area contributed by atoms with Gasteiger partial charge in [-0.05, 0) is 6.92 Å². The van der Waals surface area contributed by atoms with Crippen LogP contribution >= 0.6 is 0 Å². The molecule has 0 atom stereocenters. The van der Waals surface area contributed by atoms with Gasteiger partial charge in [0.2, 0.25) is 0 Å². The minimum absolute atomic E-state index is 0.156. The molecule has 0 spiro atoms. The maximum absolute atomic E-state index is 4.44. The zero-order valence-electron chi connectivity index (χ0n) is 7.97. The van der Waals surface area contributed by atoms with E-state index in [1.54, 1.807) is 0 Å². The Kier molecular flexibility index (Phi) is 1.78. The average Bonchev–Trinajstić information content (AvgIpc) is 2.08. The van der Waals surface area contributed by atoms with Gasteiger partial charge in [-0.15, -0.1) is 0 Å². The van der Waals surface area contributed by atoms with Crippen LogP contribution in [0.2, 0.25) is 0 Å². The number of aryl methyl sites for hydroxylation is 2. The topological polar surface area (TPSA) is 17.8 Å². The molecule has 1 aromatic rings. The smallest absolute Gasteiger partial charge is 0.114 e. The molecule has 0 unspecified atom stereocenters. The molecule has 2 heteroatoms. The van der Waals surface area contributed by atoms with Crippen LogP contribution in [0.3, 0.4) is 0 Å². The third kappa shape index (κ3) is 1.62. The molecule has 0 N–H and O–H groups in total. The predicted molar refractivity (Wildman–Crippen MR) is 46.6 cm³/mol. The number of hydrogen-bond donors (Lipinski definition) is 0. The minimum Gasteiger partial charge on any atom is -0.337 e. The van der Waals surface area contributed by atoms with Crippen LogP contribution in [0.4, 0.5) is 0 Å². The van der Waals surface area contributed by atoms with E-state index in [2.05, 4.69) is 36.5 Å². The number of rotatable bonds is 0. The molecule has 0 saturated carbocycles. The largest absolute Gasteiger partial charge is 0.337 e. The Morgan fingerprint density at radius 3 is 2.09 bits per heavy atom. The molecule has 0 aliphatic rings. The first-order valence-electron chi connectivity index (χ1n) is 3.91. The summed E-state index contributed by atoms with van der Waals surface area (Å²) in [7, 11) is 2.04. The van der Waals surface area contributed by atoms with Gasteiger partial charge < -0.3 is 4.57 Å². The molecule has 1 aromatic heterocycles. The van der Waals surface area contributed by atoms with Crippen molar-refractivity contribution < 1.29 is 0 Å². The second kappa shape index (κ2) is 2.36. The quantitative estimate of drug-likeness (QED) is 0.556. The molecule has 11 heavy (non-hydrogen) atoms. The van der Waals surface area contributed by atoms with Crippen LogP contribution in [-0.2, 0) is 12.5 Å². The van der Waals surface area contributed by atoms with Crippen LogP contribution in [-0.4, -0.2) is 9.55 Å². The van der Waals surface area contributed by atoms with Crippen LogP contribution in [0, 0.1) is 6.92 Å². The Balaban J connectivity index is 3.13. The Labute approximate surface area is 68.3 Å². The normalized spacial score (nSPS) is 12.1. The molecular formula is C9H16N2. The van der Waals surface area contributed by atoms with Crippen molar-refractivity contribution in [1.82, 2.24) is 9.55 Å². The van der Waals surface area contributed by atoms with Gasteiger partial charge in [0, 0.05) is 18.7 Å². The lowest BCUT2D eigenvalue weighted by Crippen LogP contribution is -2.17. The highest BCUT2D eigenvalue weighted by molar-refractivity contribution is 5.09. The fourth-order valence-corrected chi connectivity index (χ4v) is 1.31. The highest BCUT2D eigenvalue weighted by Gasteiger charge is 2.18. The third-order valence-corrected chi connectivity index (χ3v) is 1.67. The Morgan fingerprint density at radius 2 is 1.91 bits per heavy atom. The van der Waals surface area contributed by atoms with Crippen LogP contribution < -0.4 is 0 Å². The van der Waals surface area contributed by atoms with Gasteiger partial charge in [0.15, 0.2) is 0 Å². The first-order chi connectivity index (χ1) is 4.91. The minimum atomic E-state index is 0.156. The van der Waals surface area contributed by atoms with Crippen molar-refractivity contribution in [1.29, 1.82) is 0 Å². The predicted octanol–water partition coefficient (Wildman–Crippen LogP) is 2.03. The van der Waals surface area contributed by atoms with Crippen molar-refractivity contribution in [3.63, 3.8) is 0 Å². The van der Waals surface area contributed by atoms with Crippen LogP contribution in [0.1, 0.15) is 32.3 Å². The van der Waals surface area contributed by atoms with Gasteiger partial charge in [0.05, 0.1) is 5.69 Å². The van der Waals surface area contributed by atoms with Gasteiger partial charge >= 0.3 is 0 Å². The van der Waals surface area contributed by atoms with E-state index in [-0.39, 0.29) is 5.41 Å². The van der Waals surface area contributed by atoms with Gasteiger partial charge in [0.25, 0.3) is 0 Å². The van der Waals surface area contributed by atoms with Gasteiger partial charge in [-0.25, -0.2) is 4.98 Å². The monoisotopic (exact) mass is 152 g/mol. The standard InChI is InChI=1S/C9H16N2/c1-7-6-11(5)8(10-7)9(2,3)4/h6H,1-5H3. The van der Waals surface area contributed by atoms with E-state index in [0.717, 1.165) is 11.5 Å². The fraction of sp³-hybridized carbons (Fsp3) is 0.667. The highest BCUT2D eigenvalue weighted by atomic mass is 15.1. The molecular weight excluding hydrogens is 136 g/mol. The van der Waals surface area contributed by atoms with Gasteiger partial charge in [-0.2, -0.15) is 0 Å². The molecule has 1 heterocycles. The number of hydrogen-bond acceptors (Lipinski definition) is 1. The zero-order chi connectivity index (χ0) is 8.65. The van der Waals surface area contributed by atoms with Crippen molar-refractivity contribution in [2.45, 2.75) is 33.1 Å². The summed E-state index contributed by atoms with van der Waals surface area (Å²) in [6.45, 7) is 8.55. The number of imidazole rings is 1. The Bertz CT molecular complexity index is 253. The molecule has 0 radical (unpaired) electrons. The first kappa shape index (κ1) is 8.31. The summed E-state index contributed by atoms with van der Waals surface area (Å²) >= 11 is 0. The zero-order valence-corrected chi connectivity index (χ0v) is 7.97.